The fourth-order valence-corrected chi connectivity index (χ4v) is 5.77. The lowest BCUT2D eigenvalue weighted by molar-refractivity contribution is -0.338. The summed E-state index contributed by atoms with van der Waals surface area (Å²) in [5, 5.41) is 102. The highest BCUT2D eigenvalue weighted by Crippen LogP contribution is 2.32. The summed E-state index contributed by atoms with van der Waals surface area (Å²) in [5.74, 6) is -1.64. The third-order valence-corrected chi connectivity index (χ3v) is 8.54. The third-order valence-electron chi connectivity index (χ3n) is 8.54. The number of aliphatic hydroxyl groups excluding tert-OH is 9. The quantitative estimate of drug-likeness (QED) is 0.109. The van der Waals surface area contributed by atoms with Crippen molar-refractivity contribution in [3.8, 4) is 0 Å². The highest BCUT2D eigenvalue weighted by atomic mass is 16.7. The van der Waals surface area contributed by atoms with Crippen LogP contribution in [-0.2, 0) is 33.2 Å². The normalized spacial score (nSPS) is 52.8. The molecular formula is C24H44N4O17. The molecule has 262 valence electrons. The molecule has 0 amide bonds. The number of aliphatic hydroxyl groups is 9. The zero-order valence-electron chi connectivity index (χ0n) is 23.8. The number of aliphatic carboxylic acids is 1. The molecule has 0 radical (unpaired) electrons. The summed E-state index contributed by atoms with van der Waals surface area (Å²) in [7, 11) is 0. The lowest BCUT2D eigenvalue weighted by Gasteiger charge is -2.48. The highest BCUT2D eigenvalue weighted by Gasteiger charge is 2.52. The van der Waals surface area contributed by atoms with Crippen LogP contribution in [0.2, 0.25) is 0 Å². The number of rotatable bonds is 9. The molecule has 18 N–H and O–H groups in total. The number of ether oxygens (including phenoxy) is 6. The van der Waals surface area contributed by atoms with Crippen LogP contribution in [-0.4, -0.2) is 193 Å². The van der Waals surface area contributed by atoms with Crippen molar-refractivity contribution in [1.82, 2.24) is 0 Å². The fourth-order valence-electron chi connectivity index (χ4n) is 5.77. The first-order valence-corrected chi connectivity index (χ1v) is 14.3. The van der Waals surface area contributed by atoms with Crippen molar-refractivity contribution in [2.24, 2.45) is 22.9 Å². The molecule has 4 rings (SSSR count). The molecule has 0 aromatic rings. The average Bonchev–Trinajstić information content (AvgIpc) is 2.99. The minimum absolute atomic E-state index is 0.0272. The molecule has 20 atom stereocenters. The molecule has 0 spiro atoms. The van der Waals surface area contributed by atoms with Crippen molar-refractivity contribution < 1.29 is 84.3 Å². The van der Waals surface area contributed by atoms with E-state index in [1.807, 2.05) is 0 Å². The summed E-state index contributed by atoms with van der Waals surface area (Å²) in [6.45, 7) is -0.884. The largest absolute Gasteiger partial charge is 0.479 e. The Labute approximate surface area is 255 Å². The molecule has 0 bridgehead atoms. The second kappa shape index (κ2) is 14.9. The maximum absolute atomic E-state index is 11.4. The van der Waals surface area contributed by atoms with Gasteiger partial charge in [0.1, 0.15) is 79.4 Å². The minimum atomic E-state index is -1.96. The summed E-state index contributed by atoms with van der Waals surface area (Å²) in [6, 6.07) is -3.35. The van der Waals surface area contributed by atoms with Gasteiger partial charge in [-0.1, -0.05) is 0 Å². The van der Waals surface area contributed by atoms with Crippen molar-refractivity contribution in [3.05, 3.63) is 0 Å². The Balaban J connectivity index is 1.43. The zero-order chi connectivity index (χ0) is 33.5. The van der Waals surface area contributed by atoms with Crippen LogP contribution in [0.25, 0.3) is 0 Å². The maximum atomic E-state index is 11.4. The first-order chi connectivity index (χ1) is 21.1. The molecule has 3 heterocycles. The van der Waals surface area contributed by atoms with Crippen LogP contribution in [0.4, 0.5) is 0 Å². The van der Waals surface area contributed by atoms with Gasteiger partial charge in [-0.15, -0.1) is 0 Å². The van der Waals surface area contributed by atoms with Gasteiger partial charge < -0.3 is 102 Å². The number of carbonyl (C=O) groups is 1. The van der Waals surface area contributed by atoms with Gasteiger partial charge in [-0.3, -0.25) is 0 Å². The summed E-state index contributed by atoms with van der Waals surface area (Å²) in [4.78, 5) is 11.4. The summed E-state index contributed by atoms with van der Waals surface area (Å²) >= 11 is 0. The van der Waals surface area contributed by atoms with Gasteiger partial charge in [-0.25, -0.2) is 4.79 Å². The van der Waals surface area contributed by atoms with Crippen LogP contribution in [0, 0.1) is 0 Å². The molecule has 1 aliphatic carbocycles. The van der Waals surface area contributed by atoms with Crippen molar-refractivity contribution >= 4 is 5.97 Å². The van der Waals surface area contributed by atoms with E-state index in [9.17, 15) is 55.9 Å². The lowest BCUT2D eigenvalue weighted by atomic mass is 9.84. The molecule has 5 unspecified atom stereocenters. The van der Waals surface area contributed by atoms with Gasteiger partial charge in [0.15, 0.2) is 25.0 Å². The highest BCUT2D eigenvalue weighted by molar-refractivity contribution is 5.73. The van der Waals surface area contributed by atoms with Crippen molar-refractivity contribution in [1.29, 1.82) is 0 Å². The van der Waals surface area contributed by atoms with E-state index in [1.165, 1.54) is 0 Å². The summed E-state index contributed by atoms with van der Waals surface area (Å²) < 4.78 is 33.0. The molecular weight excluding hydrogens is 616 g/mol. The van der Waals surface area contributed by atoms with Crippen LogP contribution in [0.15, 0.2) is 0 Å². The summed E-state index contributed by atoms with van der Waals surface area (Å²) in [6.07, 6.45) is -27.9. The lowest BCUT2D eigenvalue weighted by Crippen LogP contribution is -2.68. The van der Waals surface area contributed by atoms with Crippen LogP contribution < -0.4 is 22.9 Å². The first kappa shape index (κ1) is 36.5. The summed E-state index contributed by atoms with van der Waals surface area (Å²) in [5.41, 5.74) is 23.9. The van der Waals surface area contributed by atoms with E-state index in [4.69, 9.17) is 51.4 Å². The van der Waals surface area contributed by atoms with Gasteiger partial charge in [0.25, 0.3) is 0 Å². The van der Waals surface area contributed by atoms with Crippen molar-refractivity contribution in [2.45, 2.75) is 129 Å². The van der Waals surface area contributed by atoms with E-state index in [0.29, 0.717) is 0 Å². The molecule has 0 aromatic heterocycles. The Kier molecular flexibility index (Phi) is 12.1. The number of nitrogens with two attached hydrogens (primary N) is 4. The second-order valence-electron chi connectivity index (χ2n) is 11.7. The van der Waals surface area contributed by atoms with Gasteiger partial charge in [-0.2, -0.15) is 0 Å². The maximum Gasteiger partial charge on any atom is 0.335 e. The smallest absolute Gasteiger partial charge is 0.335 e. The van der Waals surface area contributed by atoms with E-state index in [2.05, 4.69) is 0 Å². The van der Waals surface area contributed by atoms with Crippen LogP contribution in [0.5, 0.6) is 0 Å². The molecule has 4 fully saturated rings. The second-order valence-corrected chi connectivity index (χ2v) is 11.7. The predicted octanol–water partition coefficient (Wildman–Crippen LogP) is -9.37. The molecule has 4 aliphatic rings. The number of carboxylic acid groups (broad SMARTS) is 1. The Morgan fingerprint density at radius 2 is 1.13 bits per heavy atom. The number of hydrogen-bond acceptors (Lipinski definition) is 20. The Morgan fingerprint density at radius 1 is 0.622 bits per heavy atom. The number of carboxylic acids is 1. The molecule has 3 saturated heterocycles. The Hall–Kier alpha value is -1.29. The standard InChI is InChI=1S/C24H44N4O17/c25-2-6-10(30)12(32)16(36)24(41-6)44-19-5(27)1-4(26)18(17(19)37)43-23-11(31)8(28)9(29)7(42-23)3-40-22-15(35)13(33)14(34)20(45-22)21(38)39/h4-20,22-24,29-37H,1-3,25-28H2,(H,38,39)/t4-,5+,6-,7-,8+,9-,10-,11-,12+,13?,14?,15?,16-,17-,18+,19-,20?,22?,23-,24-/m1/s1. The van der Waals surface area contributed by atoms with Gasteiger partial charge >= 0.3 is 5.97 Å². The molecule has 3 aliphatic heterocycles. The number of hydrogen-bond donors (Lipinski definition) is 14. The minimum Gasteiger partial charge on any atom is -0.479 e. The Morgan fingerprint density at radius 3 is 1.69 bits per heavy atom. The SMILES string of the molecule is NC[C@H]1O[C@H](O[C@H]2[C@H](O)[C@@H](O[C@H]3O[C@H](COC4OC(C(=O)O)C(O)C(O)C4O)[C@@H](O)[C@H](N)[C@H]3O)[C@H](N)C[C@@H]2N)[C@H](O)[C@@H](O)[C@@H]1O. The van der Waals surface area contributed by atoms with Crippen LogP contribution >= 0.6 is 0 Å². The first-order valence-electron chi connectivity index (χ1n) is 14.3. The monoisotopic (exact) mass is 660 g/mol. The molecule has 0 aromatic carbocycles. The van der Waals surface area contributed by atoms with Gasteiger partial charge in [0.2, 0.25) is 0 Å². The van der Waals surface area contributed by atoms with Gasteiger partial charge in [-0.05, 0) is 6.42 Å². The topological polar surface area (TPSA) is 379 Å². The van der Waals surface area contributed by atoms with E-state index in [1.54, 1.807) is 0 Å². The predicted molar refractivity (Wildman–Crippen MR) is 141 cm³/mol. The third kappa shape index (κ3) is 7.41. The zero-order valence-corrected chi connectivity index (χ0v) is 23.8. The van der Waals surface area contributed by atoms with Crippen molar-refractivity contribution in [3.63, 3.8) is 0 Å². The van der Waals surface area contributed by atoms with E-state index >= 15 is 0 Å². The van der Waals surface area contributed by atoms with E-state index < -0.39 is 135 Å². The van der Waals surface area contributed by atoms with Crippen LogP contribution in [0.3, 0.4) is 0 Å². The molecule has 21 nitrogen and oxygen atoms in total. The van der Waals surface area contributed by atoms with Crippen LogP contribution in [0.1, 0.15) is 6.42 Å². The van der Waals surface area contributed by atoms with E-state index in [0.717, 1.165) is 0 Å². The average molecular weight is 661 g/mol. The molecule has 45 heavy (non-hydrogen) atoms. The van der Waals surface area contributed by atoms with Gasteiger partial charge in [0, 0.05) is 18.6 Å². The van der Waals surface area contributed by atoms with Crippen molar-refractivity contribution in [2.75, 3.05) is 13.2 Å². The molecule has 21 heteroatoms. The fraction of sp³-hybridized carbons (Fsp3) is 0.958. The van der Waals surface area contributed by atoms with E-state index in [-0.39, 0.29) is 13.0 Å². The Bertz CT molecular complexity index is 988. The molecule has 1 saturated carbocycles. The van der Waals surface area contributed by atoms with Gasteiger partial charge in [0.05, 0.1) is 12.6 Å².